The van der Waals surface area contributed by atoms with Crippen molar-refractivity contribution >= 4 is 81.2 Å². The van der Waals surface area contributed by atoms with Crippen molar-refractivity contribution in [1.29, 1.82) is 0 Å². The van der Waals surface area contributed by atoms with Gasteiger partial charge in [-0.25, -0.2) is 4.79 Å². The molecule has 0 spiro atoms. The monoisotopic (exact) mass is 492 g/mol. The summed E-state index contributed by atoms with van der Waals surface area (Å²) in [5, 5.41) is 7.43. The van der Waals surface area contributed by atoms with Gasteiger partial charge in [0, 0.05) is 59.1 Å². The van der Waals surface area contributed by atoms with Crippen molar-refractivity contribution in [2.24, 2.45) is 0 Å². The number of carbonyl (C=O) groups is 2. The molecule has 1 aromatic rings. The van der Waals surface area contributed by atoms with Crippen LogP contribution in [0.2, 0.25) is 0 Å². The molecule has 1 unspecified atom stereocenters. The van der Waals surface area contributed by atoms with Crippen LogP contribution in [0.1, 0.15) is 75.1 Å². The summed E-state index contributed by atoms with van der Waals surface area (Å²) in [6.45, 7) is 2.17. The molecule has 0 amide bonds. The van der Waals surface area contributed by atoms with E-state index in [1.165, 1.54) is 57.1 Å². The van der Waals surface area contributed by atoms with E-state index in [9.17, 15) is 18.0 Å². The molecule has 2 radical (unpaired) electrons. The van der Waals surface area contributed by atoms with Crippen molar-refractivity contribution < 1.29 is 37.1 Å². The molecule has 0 heterocycles. The number of hydrogen-bond donors (Lipinski definition) is 2. The summed E-state index contributed by atoms with van der Waals surface area (Å²) in [6.07, 6.45) is 8.68. The number of carbonyl (C=O) groups excluding carboxylic acids is 2. The number of ether oxygens (including phenoxy) is 2. The topological polar surface area (TPSA) is 127 Å². The molecule has 8 nitrogen and oxygen atoms in total. The van der Waals surface area contributed by atoms with Gasteiger partial charge in [-0.15, -0.1) is 0 Å². The molecular formula is C21H34Na2O8S. The van der Waals surface area contributed by atoms with E-state index in [-0.39, 0.29) is 71.3 Å². The van der Waals surface area contributed by atoms with E-state index in [0.717, 1.165) is 26.4 Å². The standard InChI is InChI=1S/C13H26O5S.C8H8O3.2Na/c1-3-4-5-6-7-8-9-10-11-12(13(14)18-2)19(15,16)17;1-11-8(10)6-2-4-7(9)5-3-6;;/h12H,3-11H2,1-2H3,(H,15,16,17);2-5,9H,1H3;;. The third-order valence-corrected chi connectivity index (χ3v) is 5.58. The Balaban J connectivity index is -0.000000553. The van der Waals surface area contributed by atoms with Crippen molar-refractivity contribution in [2.75, 3.05) is 14.2 Å². The molecule has 0 aliphatic heterocycles. The average Bonchev–Trinajstić information content (AvgIpc) is 2.71. The van der Waals surface area contributed by atoms with Crippen LogP contribution >= 0.6 is 0 Å². The van der Waals surface area contributed by atoms with Gasteiger partial charge in [0.05, 0.1) is 19.8 Å². The van der Waals surface area contributed by atoms with Crippen LogP contribution in [0.5, 0.6) is 5.75 Å². The maximum Gasteiger partial charge on any atom is 0.337 e. The molecular weight excluding hydrogens is 458 g/mol. The third kappa shape index (κ3) is 17.4. The first kappa shape index (κ1) is 36.4. The number of phenols is 1. The first-order valence-electron chi connectivity index (χ1n) is 10.1. The molecule has 2 N–H and O–H groups in total. The third-order valence-electron chi connectivity index (χ3n) is 4.43. The second-order valence-electron chi connectivity index (χ2n) is 6.83. The summed E-state index contributed by atoms with van der Waals surface area (Å²) in [7, 11) is -1.92. The summed E-state index contributed by atoms with van der Waals surface area (Å²) in [5.74, 6) is -1.15. The Morgan fingerprint density at radius 2 is 1.34 bits per heavy atom. The van der Waals surface area contributed by atoms with Gasteiger partial charge < -0.3 is 14.6 Å². The fourth-order valence-electron chi connectivity index (χ4n) is 2.70. The summed E-state index contributed by atoms with van der Waals surface area (Å²) < 4.78 is 39.8. The minimum atomic E-state index is -4.36. The van der Waals surface area contributed by atoms with E-state index in [2.05, 4.69) is 16.4 Å². The number of esters is 2. The van der Waals surface area contributed by atoms with Crippen LogP contribution in [0, 0.1) is 0 Å². The molecule has 0 saturated carbocycles. The van der Waals surface area contributed by atoms with Gasteiger partial charge in [-0.05, 0) is 30.7 Å². The van der Waals surface area contributed by atoms with Crippen LogP contribution in [0.3, 0.4) is 0 Å². The minimum absolute atomic E-state index is 0. The van der Waals surface area contributed by atoms with Crippen LogP contribution < -0.4 is 0 Å². The van der Waals surface area contributed by atoms with Gasteiger partial charge in [0.1, 0.15) is 5.75 Å². The van der Waals surface area contributed by atoms with Gasteiger partial charge in [-0.3, -0.25) is 9.35 Å². The van der Waals surface area contributed by atoms with Crippen LogP contribution in [-0.2, 0) is 24.4 Å². The van der Waals surface area contributed by atoms with E-state index in [1.54, 1.807) is 0 Å². The molecule has 0 aliphatic carbocycles. The Labute approximate surface area is 236 Å². The molecule has 174 valence electrons. The molecule has 1 rings (SSSR count). The molecule has 32 heavy (non-hydrogen) atoms. The second-order valence-corrected chi connectivity index (χ2v) is 8.43. The first-order chi connectivity index (χ1) is 14.2. The molecule has 0 bridgehead atoms. The van der Waals surface area contributed by atoms with Gasteiger partial charge in [0.15, 0.2) is 5.25 Å². The maximum absolute atomic E-state index is 11.2. The van der Waals surface area contributed by atoms with E-state index in [4.69, 9.17) is 9.66 Å². The number of unbranched alkanes of at least 4 members (excludes halogenated alkanes) is 7. The molecule has 0 saturated heterocycles. The Morgan fingerprint density at radius 3 is 1.75 bits per heavy atom. The van der Waals surface area contributed by atoms with Crippen LogP contribution in [0.25, 0.3) is 0 Å². The maximum atomic E-state index is 11.2. The number of benzene rings is 1. The Bertz CT molecular complexity index is 724. The Kier molecular flexibility index (Phi) is 24.4. The molecule has 0 fully saturated rings. The quantitative estimate of drug-likeness (QED) is 0.197. The predicted molar refractivity (Wildman–Crippen MR) is 126 cm³/mol. The molecule has 0 aromatic heterocycles. The van der Waals surface area contributed by atoms with E-state index in [0.29, 0.717) is 12.0 Å². The van der Waals surface area contributed by atoms with Gasteiger partial charge >= 0.3 is 11.9 Å². The Morgan fingerprint density at radius 1 is 0.875 bits per heavy atom. The largest absolute Gasteiger partial charge is 0.508 e. The van der Waals surface area contributed by atoms with Gasteiger partial charge in [-0.1, -0.05) is 58.3 Å². The number of methoxy groups -OCH3 is 2. The van der Waals surface area contributed by atoms with Gasteiger partial charge in [-0.2, -0.15) is 8.42 Å². The van der Waals surface area contributed by atoms with E-state index < -0.39 is 27.3 Å². The molecule has 0 aliphatic rings. The predicted octanol–water partition coefficient (Wildman–Crippen LogP) is 3.36. The number of aromatic hydroxyl groups is 1. The van der Waals surface area contributed by atoms with Crippen molar-refractivity contribution in [2.45, 2.75) is 70.0 Å². The van der Waals surface area contributed by atoms with Crippen molar-refractivity contribution in [3.05, 3.63) is 29.8 Å². The Hall–Kier alpha value is -0.130. The van der Waals surface area contributed by atoms with Crippen molar-refractivity contribution in [3.63, 3.8) is 0 Å². The minimum Gasteiger partial charge on any atom is -0.508 e. The smallest absolute Gasteiger partial charge is 0.337 e. The van der Waals surface area contributed by atoms with Crippen molar-refractivity contribution in [3.8, 4) is 5.75 Å². The summed E-state index contributed by atoms with van der Waals surface area (Å²) >= 11 is 0. The zero-order valence-corrected chi connectivity index (χ0v) is 24.8. The number of phenolic OH excluding ortho intramolecular Hbond substituents is 1. The number of rotatable bonds is 12. The SMILES string of the molecule is CCCCCCCCCCC(C(=O)OC)S(=O)(=O)O.COC(=O)c1ccc(O)cc1.[Na].[Na]. The zero-order valence-electron chi connectivity index (χ0n) is 20.0. The number of hydrogen-bond acceptors (Lipinski definition) is 7. The molecule has 1 atom stereocenters. The second kappa shape index (κ2) is 21.4. The fourth-order valence-corrected chi connectivity index (χ4v) is 3.50. The summed E-state index contributed by atoms with van der Waals surface area (Å²) in [6, 6.07) is 5.88. The van der Waals surface area contributed by atoms with Gasteiger partial charge in [0.2, 0.25) is 0 Å². The summed E-state index contributed by atoms with van der Waals surface area (Å²) in [5.41, 5.74) is 0.435. The van der Waals surface area contributed by atoms with Crippen LogP contribution in [-0.4, -0.2) is 109 Å². The molecule has 11 heteroatoms. The molecule has 1 aromatic carbocycles. The normalized spacial score (nSPS) is 11.0. The van der Waals surface area contributed by atoms with Gasteiger partial charge in [0.25, 0.3) is 10.1 Å². The van der Waals surface area contributed by atoms with Crippen LogP contribution in [0.15, 0.2) is 24.3 Å². The average molecular weight is 493 g/mol. The fraction of sp³-hybridized carbons (Fsp3) is 0.619. The van der Waals surface area contributed by atoms with Crippen LogP contribution in [0.4, 0.5) is 0 Å². The van der Waals surface area contributed by atoms with E-state index >= 15 is 0 Å². The van der Waals surface area contributed by atoms with E-state index in [1.807, 2.05) is 0 Å². The summed E-state index contributed by atoms with van der Waals surface area (Å²) in [4.78, 5) is 22.1. The van der Waals surface area contributed by atoms with Crippen molar-refractivity contribution in [1.82, 2.24) is 0 Å². The first-order valence-corrected chi connectivity index (χ1v) is 11.6. The zero-order chi connectivity index (χ0) is 23.0.